The first-order chi connectivity index (χ1) is 8.63. The molecule has 1 aromatic rings. The monoisotopic (exact) mass is 254 g/mol. The fourth-order valence-electron chi connectivity index (χ4n) is 1.89. The molecule has 1 atom stereocenters. The van der Waals surface area contributed by atoms with E-state index in [2.05, 4.69) is 6.58 Å². The zero-order valence-electron chi connectivity index (χ0n) is 10.5. The summed E-state index contributed by atoms with van der Waals surface area (Å²) in [6, 6.07) is 3.47. The second kappa shape index (κ2) is 7.98. The number of benzene rings is 1. The molecule has 0 fully saturated rings. The molecule has 0 amide bonds. The van der Waals surface area contributed by atoms with Gasteiger partial charge in [0.15, 0.2) is 0 Å². The lowest BCUT2D eigenvalue weighted by molar-refractivity contribution is 0.160. The van der Waals surface area contributed by atoms with E-state index in [4.69, 9.17) is 0 Å². The van der Waals surface area contributed by atoms with Crippen LogP contribution in [0.5, 0.6) is 0 Å². The molecule has 1 nitrogen and oxygen atoms in total. The Bertz CT molecular complexity index is 377. The first kappa shape index (κ1) is 14.8. The first-order valence-electron chi connectivity index (χ1n) is 6.36. The van der Waals surface area contributed by atoms with Crippen LogP contribution < -0.4 is 0 Å². The van der Waals surface area contributed by atoms with Gasteiger partial charge in [-0.15, -0.1) is 6.58 Å². The van der Waals surface area contributed by atoms with Gasteiger partial charge in [0.1, 0.15) is 11.6 Å². The van der Waals surface area contributed by atoms with E-state index in [0.717, 1.165) is 31.7 Å². The number of aliphatic hydroxyl groups is 1. The Hall–Kier alpha value is -1.22. The molecule has 0 aliphatic heterocycles. The molecule has 3 heteroatoms. The quantitative estimate of drug-likeness (QED) is 0.549. The van der Waals surface area contributed by atoms with Crippen molar-refractivity contribution >= 4 is 0 Å². The van der Waals surface area contributed by atoms with E-state index in [1.807, 2.05) is 6.08 Å². The van der Waals surface area contributed by atoms with Gasteiger partial charge in [0.25, 0.3) is 0 Å². The first-order valence-corrected chi connectivity index (χ1v) is 6.36. The summed E-state index contributed by atoms with van der Waals surface area (Å²) in [6.45, 7) is 3.64. The number of rotatable bonds is 8. The van der Waals surface area contributed by atoms with Gasteiger partial charge in [-0.1, -0.05) is 25.0 Å². The highest BCUT2D eigenvalue weighted by molar-refractivity contribution is 5.19. The summed E-state index contributed by atoms with van der Waals surface area (Å²) in [5.41, 5.74) is 0.370. The number of allylic oxidation sites excluding steroid dienone is 1. The lowest BCUT2D eigenvalue weighted by Crippen LogP contribution is -2.11. The van der Waals surface area contributed by atoms with Crippen LogP contribution in [0.25, 0.3) is 0 Å². The second-order valence-electron chi connectivity index (χ2n) is 4.52. The SMILES string of the molecule is C=CCCCCCC(O)Cc1ccc(F)cc1F. The Morgan fingerprint density at radius 1 is 1.22 bits per heavy atom. The van der Waals surface area contributed by atoms with Crippen LogP contribution in [-0.2, 0) is 6.42 Å². The summed E-state index contributed by atoms with van der Waals surface area (Å²) in [5.74, 6) is -1.17. The third kappa shape index (κ3) is 5.41. The molecule has 1 unspecified atom stereocenters. The third-order valence-electron chi connectivity index (χ3n) is 2.92. The van der Waals surface area contributed by atoms with E-state index >= 15 is 0 Å². The van der Waals surface area contributed by atoms with Gasteiger partial charge in [0.05, 0.1) is 6.10 Å². The van der Waals surface area contributed by atoms with Crippen LogP contribution in [0.3, 0.4) is 0 Å². The van der Waals surface area contributed by atoms with Gasteiger partial charge < -0.3 is 5.11 Å². The normalized spacial score (nSPS) is 12.4. The Labute approximate surface area is 107 Å². The predicted octanol–water partition coefficient (Wildman–Crippen LogP) is 4.00. The van der Waals surface area contributed by atoms with Crippen molar-refractivity contribution in [2.24, 2.45) is 0 Å². The topological polar surface area (TPSA) is 20.2 Å². The highest BCUT2D eigenvalue weighted by Gasteiger charge is 2.10. The van der Waals surface area contributed by atoms with E-state index in [-0.39, 0.29) is 6.42 Å². The van der Waals surface area contributed by atoms with Crippen molar-refractivity contribution in [2.75, 3.05) is 0 Å². The smallest absolute Gasteiger partial charge is 0.129 e. The highest BCUT2D eigenvalue weighted by atomic mass is 19.1. The van der Waals surface area contributed by atoms with Crippen molar-refractivity contribution in [3.05, 3.63) is 48.1 Å². The Balaban J connectivity index is 2.30. The Morgan fingerprint density at radius 2 is 2.00 bits per heavy atom. The molecule has 0 heterocycles. The van der Waals surface area contributed by atoms with E-state index in [1.165, 1.54) is 12.1 Å². The Morgan fingerprint density at radius 3 is 2.67 bits per heavy atom. The van der Waals surface area contributed by atoms with E-state index < -0.39 is 17.7 Å². The van der Waals surface area contributed by atoms with Gasteiger partial charge in [-0.2, -0.15) is 0 Å². The zero-order chi connectivity index (χ0) is 13.4. The fourth-order valence-corrected chi connectivity index (χ4v) is 1.89. The molecule has 0 saturated heterocycles. The van der Waals surface area contributed by atoms with Crippen molar-refractivity contribution < 1.29 is 13.9 Å². The van der Waals surface area contributed by atoms with Gasteiger partial charge in [-0.25, -0.2) is 8.78 Å². The molecule has 0 saturated carbocycles. The maximum atomic E-state index is 13.3. The van der Waals surface area contributed by atoms with Gasteiger partial charge in [-0.05, 0) is 30.9 Å². The Kier molecular flexibility index (Phi) is 6.58. The fraction of sp³-hybridized carbons (Fsp3) is 0.467. The predicted molar refractivity (Wildman–Crippen MR) is 69.4 cm³/mol. The van der Waals surface area contributed by atoms with Gasteiger partial charge in [0, 0.05) is 12.5 Å². The maximum absolute atomic E-state index is 13.3. The minimum Gasteiger partial charge on any atom is -0.393 e. The maximum Gasteiger partial charge on any atom is 0.129 e. The van der Waals surface area contributed by atoms with E-state index in [0.29, 0.717) is 12.0 Å². The van der Waals surface area contributed by atoms with E-state index in [9.17, 15) is 13.9 Å². The number of hydrogen-bond donors (Lipinski definition) is 1. The van der Waals surface area contributed by atoms with Crippen LogP contribution in [0.15, 0.2) is 30.9 Å². The number of unbranched alkanes of at least 4 members (excludes halogenated alkanes) is 3. The lowest BCUT2D eigenvalue weighted by atomic mass is 10.0. The van der Waals surface area contributed by atoms with Crippen LogP contribution in [0.4, 0.5) is 8.78 Å². The summed E-state index contributed by atoms with van der Waals surface area (Å²) in [5, 5.41) is 9.77. The van der Waals surface area contributed by atoms with Crippen LogP contribution in [0.1, 0.15) is 37.7 Å². The molecular weight excluding hydrogens is 234 g/mol. The van der Waals surface area contributed by atoms with Gasteiger partial charge >= 0.3 is 0 Å². The van der Waals surface area contributed by atoms with Crippen molar-refractivity contribution in [1.82, 2.24) is 0 Å². The summed E-state index contributed by atoms with van der Waals surface area (Å²) in [4.78, 5) is 0. The molecule has 0 aromatic heterocycles. The average molecular weight is 254 g/mol. The molecule has 0 radical (unpaired) electrons. The molecule has 1 N–H and O–H groups in total. The highest BCUT2D eigenvalue weighted by Crippen LogP contribution is 2.14. The zero-order valence-corrected chi connectivity index (χ0v) is 10.5. The van der Waals surface area contributed by atoms with Crippen LogP contribution in [0, 0.1) is 11.6 Å². The summed E-state index contributed by atoms with van der Waals surface area (Å²) < 4.78 is 26.0. The van der Waals surface area contributed by atoms with Crippen molar-refractivity contribution in [2.45, 2.75) is 44.6 Å². The van der Waals surface area contributed by atoms with Crippen molar-refractivity contribution in [3.8, 4) is 0 Å². The molecular formula is C15H20F2O. The number of hydrogen-bond acceptors (Lipinski definition) is 1. The molecule has 1 aromatic carbocycles. The summed E-state index contributed by atoms with van der Waals surface area (Å²) in [6.07, 6.45) is 6.22. The number of aliphatic hydroxyl groups excluding tert-OH is 1. The van der Waals surface area contributed by atoms with Crippen LogP contribution in [-0.4, -0.2) is 11.2 Å². The molecule has 100 valence electrons. The van der Waals surface area contributed by atoms with Crippen molar-refractivity contribution in [1.29, 1.82) is 0 Å². The molecule has 0 aliphatic carbocycles. The van der Waals surface area contributed by atoms with Crippen LogP contribution >= 0.6 is 0 Å². The number of halogens is 2. The molecule has 18 heavy (non-hydrogen) atoms. The van der Waals surface area contributed by atoms with Crippen molar-refractivity contribution in [3.63, 3.8) is 0 Å². The lowest BCUT2D eigenvalue weighted by Gasteiger charge is -2.11. The molecule has 0 aliphatic rings. The summed E-state index contributed by atoms with van der Waals surface area (Å²) in [7, 11) is 0. The minimum absolute atomic E-state index is 0.244. The summed E-state index contributed by atoms with van der Waals surface area (Å²) >= 11 is 0. The second-order valence-corrected chi connectivity index (χ2v) is 4.52. The third-order valence-corrected chi connectivity index (χ3v) is 2.92. The van der Waals surface area contributed by atoms with E-state index in [1.54, 1.807) is 0 Å². The largest absolute Gasteiger partial charge is 0.393 e. The van der Waals surface area contributed by atoms with Gasteiger partial charge in [-0.3, -0.25) is 0 Å². The molecule has 0 spiro atoms. The standard InChI is InChI=1S/C15H20F2O/c1-2-3-4-5-6-7-14(18)10-12-8-9-13(16)11-15(12)17/h2,8-9,11,14,18H,1,3-7,10H2. The average Bonchev–Trinajstić information content (AvgIpc) is 2.32. The minimum atomic E-state index is -0.588. The van der Waals surface area contributed by atoms with Gasteiger partial charge in [0.2, 0.25) is 0 Å². The molecule has 1 rings (SSSR count). The van der Waals surface area contributed by atoms with Crippen LogP contribution in [0.2, 0.25) is 0 Å². The molecule has 0 bridgehead atoms.